The Bertz CT molecular complexity index is 472. The van der Waals surface area contributed by atoms with E-state index in [0.717, 1.165) is 5.82 Å². The van der Waals surface area contributed by atoms with Gasteiger partial charge in [0.25, 0.3) is 5.91 Å². The summed E-state index contributed by atoms with van der Waals surface area (Å²) in [7, 11) is 0. The normalized spacial score (nSPS) is 18.2. The van der Waals surface area contributed by atoms with Crippen LogP contribution >= 0.6 is 11.8 Å². The molecule has 0 atom stereocenters. The summed E-state index contributed by atoms with van der Waals surface area (Å²) in [5, 5.41) is 9.86. The van der Waals surface area contributed by atoms with Crippen LogP contribution in [0.5, 0.6) is 0 Å². The molecule has 0 saturated heterocycles. The van der Waals surface area contributed by atoms with E-state index in [1.54, 1.807) is 0 Å². The first-order chi connectivity index (χ1) is 9.36. The fraction of sp³-hybridized carbons (Fsp3) is 0.786. The molecule has 1 aliphatic rings. The van der Waals surface area contributed by atoms with E-state index in [1.165, 1.54) is 25.7 Å². The van der Waals surface area contributed by atoms with E-state index in [-0.39, 0.29) is 21.9 Å². The maximum absolute atomic E-state index is 12.1. The van der Waals surface area contributed by atoms with E-state index < -0.39 is 0 Å². The molecular weight excluding hydrogens is 272 g/mol. The van der Waals surface area contributed by atoms with Gasteiger partial charge in [0.2, 0.25) is 5.82 Å². The molecule has 1 aliphatic carbocycles. The second-order valence-electron chi connectivity index (χ2n) is 6.53. The summed E-state index contributed by atoms with van der Waals surface area (Å²) >= 11 is 1.86. The van der Waals surface area contributed by atoms with Crippen LogP contribution in [-0.2, 0) is 5.41 Å². The monoisotopic (exact) mass is 296 g/mol. The lowest BCUT2D eigenvalue weighted by molar-refractivity contribution is 0.0939. The number of aromatic nitrogens is 3. The lowest BCUT2D eigenvalue weighted by Crippen LogP contribution is -2.38. The van der Waals surface area contributed by atoms with Gasteiger partial charge in [-0.15, -0.1) is 5.10 Å². The van der Waals surface area contributed by atoms with Gasteiger partial charge in [-0.05, 0) is 19.1 Å². The van der Waals surface area contributed by atoms with E-state index >= 15 is 0 Å². The van der Waals surface area contributed by atoms with Crippen molar-refractivity contribution in [2.24, 2.45) is 0 Å². The highest BCUT2D eigenvalue weighted by Gasteiger charge is 2.33. The number of carbonyl (C=O) groups is 1. The van der Waals surface area contributed by atoms with Crippen molar-refractivity contribution < 1.29 is 4.79 Å². The number of nitrogens with one attached hydrogen (secondary N) is 2. The van der Waals surface area contributed by atoms with Gasteiger partial charge in [-0.1, -0.05) is 33.6 Å². The molecule has 0 spiro atoms. The first-order valence-corrected chi connectivity index (χ1v) is 8.35. The largest absolute Gasteiger partial charge is 0.348 e. The Morgan fingerprint density at radius 3 is 2.55 bits per heavy atom. The first kappa shape index (κ1) is 15.4. The van der Waals surface area contributed by atoms with Crippen molar-refractivity contribution >= 4 is 17.7 Å². The van der Waals surface area contributed by atoms with Gasteiger partial charge in [-0.2, -0.15) is 11.8 Å². The van der Waals surface area contributed by atoms with Crippen molar-refractivity contribution in [1.29, 1.82) is 0 Å². The minimum absolute atomic E-state index is 0.128. The summed E-state index contributed by atoms with van der Waals surface area (Å²) in [6.45, 7) is 6.82. The van der Waals surface area contributed by atoms with Crippen molar-refractivity contribution in [2.75, 3.05) is 12.8 Å². The van der Waals surface area contributed by atoms with Crippen LogP contribution in [0.15, 0.2) is 0 Å². The van der Waals surface area contributed by atoms with Crippen molar-refractivity contribution in [3.8, 4) is 0 Å². The molecule has 1 fully saturated rings. The van der Waals surface area contributed by atoms with Crippen LogP contribution < -0.4 is 5.32 Å². The third kappa shape index (κ3) is 3.34. The topological polar surface area (TPSA) is 70.7 Å². The average Bonchev–Trinajstić information content (AvgIpc) is 3.05. The van der Waals surface area contributed by atoms with Crippen molar-refractivity contribution in [2.45, 2.75) is 56.6 Å². The predicted molar refractivity (Wildman–Crippen MR) is 82.1 cm³/mol. The maximum Gasteiger partial charge on any atom is 0.291 e. The van der Waals surface area contributed by atoms with Crippen LogP contribution in [0.4, 0.5) is 0 Å². The van der Waals surface area contributed by atoms with Crippen LogP contribution in [0.3, 0.4) is 0 Å². The molecular formula is C14H24N4OS. The minimum atomic E-state index is -0.183. The molecule has 0 aromatic carbocycles. The van der Waals surface area contributed by atoms with Crippen LogP contribution in [0.2, 0.25) is 0 Å². The van der Waals surface area contributed by atoms with Crippen molar-refractivity contribution in [1.82, 2.24) is 20.5 Å². The summed E-state index contributed by atoms with van der Waals surface area (Å²) in [6, 6.07) is 0. The van der Waals surface area contributed by atoms with Crippen LogP contribution in [0.1, 0.15) is 62.9 Å². The molecule has 0 radical (unpaired) electrons. The lowest BCUT2D eigenvalue weighted by Gasteiger charge is -2.26. The molecule has 1 amide bonds. The van der Waals surface area contributed by atoms with Crippen LogP contribution in [0.25, 0.3) is 0 Å². The predicted octanol–water partition coefficient (Wildman–Crippen LogP) is 2.51. The summed E-state index contributed by atoms with van der Waals surface area (Å²) in [6.07, 6.45) is 6.99. The number of hydrogen-bond donors (Lipinski definition) is 2. The number of carbonyl (C=O) groups excluding carboxylic acids is 1. The van der Waals surface area contributed by atoms with E-state index in [2.05, 4.69) is 26.8 Å². The van der Waals surface area contributed by atoms with Crippen molar-refractivity contribution in [3.05, 3.63) is 11.6 Å². The Hall–Kier alpha value is -1.04. The maximum atomic E-state index is 12.1. The highest BCUT2D eigenvalue weighted by molar-refractivity contribution is 8.00. The fourth-order valence-electron chi connectivity index (χ4n) is 2.49. The van der Waals surface area contributed by atoms with Gasteiger partial charge in [-0.3, -0.25) is 9.89 Å². The molecule has 0 unspecified atom stereocenters. The summed E-state index contributed by atoms with van der Waals surface area (Å²) in [5.41, 5.74) is -0.128. The van der Waals surface area contributed by atoms with Gasteiger partial charge >= 0.3 is 0 Å². The van der Waals surface area contributed by atoms with E-state index in [4.69, 9.17) is 0 Å². The third-order valence-electron chi connectivity index (χ3n) is 3.92. The molecule has 5 nitrogen and oxygen atoms in total. The Balaban J connectivity index is 1.97. The highest BCUT2D eigenvalue weighted by atomic mass is 32.2. The Morgan fingerprint density at radius 1 is 1.40 bits per heavy atom. The number of thioether (sulfide) groups is 1. The molecule has 2 N–H and O–H groups in total. The van der Waals surface area contributed by atoms with Gasteiger partial charge in [0, 0.05) is 16.7 Å². The molecule has 1 saturated carbocycles. The zero-order chi connectivity index (χ0) is 14.8. The Morgan fingerprint density at radius 2 is 2.05 bits per heavy atom. The molecule has 1 heterocycles. The summed E-state index contributed by atoms with van der Waals surface area (Å²) in [5.74, 6) is 0.796. The van der Waals surface area contributed by atoms with E-state index in [0.29, 0.717) is 6.54 Å². The standard InChI is InChI=1S/C14H24N4OS/c1-13(2,3)12-16-10(17-18-12)11(19)15-9-14(20-4)7-5-6-8-14/h5-9H2,1-4H3,(H,15,19)(H,16,17,18). The zero-order valence-corrected chi connectivity index (χ0v) is 13.6. The number of amides is 1. The second-order valence-corrected chi connectivity index (χ2v) is 7.81. The summed E-state index contributed by atoms with van der Waals surface area (Å²) in [4.78, 5) is 16.4. The molecule has 0 aliphatic heterocycles. The Labute approximate surface area is 124 Å². The Kier molecular flexibility index (Phi) is 4.42. The average molecular weight is 296 g/mol. The number of nitrogens with zero attached hydrogens (tertiary/aromatic N) is 2. The molecule has 112 valence electrons. The van der Waals surface area contributed by atoms with Crippen molar-refractivity contribution in [3.63, 3.8) is 0 Å². The summed E-state index contributed by atoms with van der Waals surface area (Å²) < 4.78 is 0.207. The number of rotatable bonds is 4. The number of H-pyrrole nitrogens is 1. The molecule has 1 aromatic heterocycles. The first-order valence-electron chi connectivity index (χ1n) is 7.13. The SMILES string of the molecule is CSC1(CNC(=O)c2n[nH]c(C(C)(C)C)n2)CCCC1. The molecule has 0 bridgehead atoms. The highest BCUT2D eigenvalue weighted by Crippen LogP contribution is 2.39. The lowest BCUT2D eigenvalue weighted by atomic mass is 9.96. The quantitative estimate of drug-likeness (QED) is 0.895. The van der Waals surface area contributed by atoms with Crippen LogP contribution in [-0.4, -0.2) is 38.6 Å². The minimum Gasteiger partial charge on any atom is -0.348 e. The van der Waals surface area contributed by atoms with Gasteiger partial charge < -0.3 is 5.32 Å². The van der Waals surface area contributed by atoms with Gasteiger partial charge in [-0.25, -0.2) is 4.98 Å². The van der Waals surface area contributed by atoms with E-state index in [1.807, 2.05) is 32.5 Å². The third-order valence-corrected chi connectivity index (χ3v) is 5.34. The zero-order valence-electron chi connectivity index (χ0n) is 12.7. The number of aromatic amines is 1. The van der Waals surface area contributed by atoms with Gasteiger partial charge in [0.1, 0.15) is 5.82 Å². The smallest absolute Gasteiger partial charge is 0.291 e. The van der Waals surface area contributed by atoms with Gasteiger partial charge in [0.05, 0.1) is 0 Å². The molecule has 20 heavy (non-hydrogen) atoms. The van der Waals surface area contributed by atoms with E-state index in [9.17, 15) is 4.79 Å². The molecule has 1 aromatic rings. The molecule has 6 heteroatoms. The fourth-order valence-corrected chi connectivity index (χ4v) is 3.41. The second kappa shape index (κ2) is 5.76. The van der Waals surface area contributed by atoms with Crippen LogP contribution in [0, 0.1) is 0 Å². The molecule has 2 rings (SSSR count). The van der Waals surface area contributed by atoms with Gasteiger partial charge in [0.15, 0.2) is 0 Å². The number of hydrogen-bond acceptors (Lipinski definition) is 4.